The first-order valence-corrected chi connectivity index (χ1v) is 7.83. The molecule has 2 rings (SSSR count). The predicted octanol–water partition coefficient (Wildman–Crippen LogP) is 0.658. The molecule has 1 aromatic heterocycles. The Balaban J connectivity index is 1.76. The third-order valence-electron chi connectivity index (χ3n) is 4.68. The summed E-state index contributed by atoms with van der Waals surface area (Å²) in [6.07, 6.45) is 1.92. The van der Waals surface area contributed by atoms with Crippen LogP contribution in [-0.4, -0.2) is 43.2 Å². The molecule has 23 heavy (non-hydrogen) atoms. The molecule has 0 bridgehead atoms. The Morgan fingerprint density at radius 3 is 2.65 bits per heavy atom. The Bertz CT molecular complexity index is 556. The first-order chi connectivity index (χ1) is 10.8. The highest BCUT2D eigenvalue weighted by molar-refractivity contribution is 5.91. The molecule has 0 saturated heterocycles. The van der Waals surface area contributed by atoms with Gasteiger partial charge in [0, 0.05) is 31.5 Å². The highest BCUT2D eigenvalue weighted by Gasteiger charge is 2.62. The number of furan rings is 1. The summed E-state index contributed by atoms with van der Waals surface area (Å²) in [4.78, 5) is 24.0. The number of nitrogens with one attached hydrogen (secondary N) is 2. The normalized spacial score (nSPS) is 25.5. The van der Waals surface area contributed by atoms with Crippen LogP contribution in [-0.2, 0) is 9.53 Å². The Hall–Kier alpha value is -1.86. The van der Waals surface area contributed by atoms with Gasteiger partial charge in [0.1, 0.15) is 5.54 Å². The highest BCUT2D eigenvalue weighted by atomic mass is 16.5. The van der Waals surface area contributed by atoms with Crippen LogP contribution >= 0.6 is 0 Å². The van der Waals surface area contributed by atoms with E-state index in [-0.39, 0.29) is 23.7 Å². The summed E-state index contributed by atoms with van der Waals surface area (Å²) < 4.78 is 10.6. The highest BCUT2D eigenvalue weighted by Crippen LogP contribution is 2.49. The van der Waals surface area contributed by atoms with Crippen molar-refractivity contribution < 1.29 is 18.7 Å². The van der Waals surface area contributed by atoms with Gasteiger partial charge in [0.15, 0.2) is 5.76 Å². The largest absolute Gasteiger partial charge is 0.459 e. The minimum Gasteiger partial charge on any atom is -0.459 e. The molecule has 2 atom stereocenters. The summed E-state index contributed by atoms with van der Waals surface area (Å²) in [5, 5.41) is 5.44. The summed E-state index contributed by atoms with van der Waals surface area (Å²) in [6, 6.07) is 3.22. The first-order valence-electron chi connectivity index (χ1n) is 7.83. The van der Waals surface area contributed by atoms with Crippen LogP contribution in [0, 0.1) is 5.41 Å². The second-order valence-corrected chi connectivity index (χ2v) is 6.33. The molecule has 1 aliphatic carbocycles. The van der Waals surface area contributed by atoms with Gasteiger partial charge in [-0.15, -0.1) is 0 Å². The molecule has 1 heterocycles. The van der Waals surface area contributed by atoms with E-state index in [2.05, 4.69) is 10.6 Å². The number of hydrogen-bond donors (Lipinski definition) is 3. The van der Waals surface area contributed by atoms with E-state index in [1.807, 2.05) is 20.8 Å². The second-order valence-electron chi connectivity index (χ2n) is 6.33. The number of amides is 2. The van der Waals surface area contributed by atoms with Crippen LogP contribution in [0.2, 0.25) is 0 Å². The van der Waals surface area contributed by atoms with Gasteiger partial charge in [-0.1, -0.05) is 13.8 Å². The van der Waals surface area contributed by atoms with Gasteiger partial charge in [-0.25, -0.2) is 0 Å². The predicted molar refractivity (Wildman–Crippen MR) is 84.8 cm³/mol. The smallest absolute Gasteiger partial charge is 0.287 e. The Morgan fingerprint density at radius 2 is 2.09 bits per heavy atom. The molecule has 0 spiro atoms. The van der Waals surface area contributed by atoms with E-state index in [4.69, 9.17) is 14.9 Å². The standard InChI is InChI=1S/C16H25N3O4/c1-4-22-12-10-16(17,15(12,2)3)14(21)19-8-7-18-13(20)11-6-5-9-23-11/h5-6,9,12H,4,7-8,10,17H2,1-3H3,(H,18,20)(H,19,21). The van der Waals surface area contributed by atoms with Crippen molar-refractivity contribution in [1.29, 1.82) is 0 Å². The van der Waals surface area contributed by atoms with E-state index in [1.54, 1.807) is 12.1 Å². The van der Waals surface area contributed by atoms with Gasteiger partial charge in [0.05, 0.1) is 12.4 Å². The van der Waals surface area contributed by atoms with Gasteiger partial charge in [-0.3, -0.25) is 9.59 Å². The van der Waals surface area contributed by atoms with E-state index >= 15 is 0 Å². The van der Waals surface area contributed by atoms with E-state index in [0.717, 1.165) is 0 Å². The van der Waals surface area contributed by atoms with Crippen LogP contribution in [0.4, 0.5) is 0 Å². The fourth-order valence-electron chi connectivity index (χ4n) is 2.83. The molecule has 128 valence electrons. The average Bonchev–Trinajstić information content (AvgIpc) is 3.05. The first kappa shape index (κ1) is 17.5. The molecule has 1 saturated carbocycles. The summed E-state index contributed by atoms with van der Waals surface area (Å²) in [5.74, 6) is -0.288. The maximum Gasteiger partial charge on any atom is 0.287 e. The van der Waals surface area contributed by atoms with E-state index < -0.39 is 11.0 Å². The number of hydrogen-bond acceptors (Lipinski definition) is 5. The van der Waals surface area contributed by atoms with Gasteiger partial charge in [-0.2, -0.15) is 0 Å². The summed E-state index contributed by atoms with van der Waals surface area (Å²) in [6.45, 7) is 7.01. The third-order valence-corrected chi connectivity index (χ3v) is 4.68. The minimum absolute atomic E-state index is 0.0121. The van der Waals surface area contributed by atoms with Crippen molar-refractivity contribution in [2.75, 3.05) is 19.7 Å². The van der Waals surface area contributed by atoms with Crippen molar-refractivity contribution in [3.63, 3.8) is 0 Å². The zero-order chi connectivity index (χ0) is 17.1. The molecular formula is C16H25N3O4. The molecule has 1 aromatic rings. The average molecular weight is 323 g/mol. The molecule has 1 aliphatic rings. The Morgan fingerprint density at radius 1 is 1.39 bits per heavy atom. The lowest BCUT2D eigenvalue weighted by Crippen LogP contribution is -2.75. The van der Waals surface area contributed by atoms with Crippen molar-refractivity contribution in [3.05, 3.63) is 24.2 Å². The van der Waals surface area contributed by atoms with Crippen LogP contribution in [0.5, 0.6) is 0 Å². The lowest BCUT2D eigenvalue weighted by Gasteiger charge is -2.57. The lowest BCUT2D eigenvalue weighted by molar-refractivity contribution is -0.170. The van der Waals surface area contributed by atoms with Crippen molar-refractivity contribution >= 4 is 11.8 Å². The molecule has 0 aliphatic heterocycles. The summed E-state index contributed by atoms with van der Waals surface area (Å²) in [5.41, 5.74) is 4.90. The van der Waals surface area contributed by atoms with Crippen molar-refractivity contribution in [1.82, 2.24) is 10.6 Å². The van der Waals surface area contributed by atoms with E-state index in [9.17, 15) is 9.59 Å². The fourth-order valence-corrected chi connectivity index (χ4v) is 2.83. The molecule has 1 fully saturated rings. The number of carbonyl (C=O) groups is 2. The van der Waals surface area contributed by atoms with Gasteiger partial charge in [0.25, 0.3) is 5.91 Å². The van der Waals surface area contributed by atoms with Crippen molar-refractivity contribution in [2.45, 2.75) is 38.8 Å². The quantitative estimate of drug-likeness (QED) is 0.639. The summed E-state index contributed by atoms with van der Waals surface area (Å²) >= 11 is 0. The van der Waals surface area contributed by atoms with Crippen LogP contribution in [0.25, 0.3) is 0 Å². The van der Waals surface area contributed by atoms with Crippen LogP contribution in [0.15, 0.2) is 22.8 Å². The van der Waals surface area contributed by atoms with E-state index in [1.165, 1.54) is 6.26 Å². The van der Waals surface area contributed by atoms with Crippen molar-refractivity contribution in [3.8, 4) is 0 Å². The van der Waals surface area contributed by atoms with Gasteiger partial charge < -0.3 is 25.5 Å². The zero-order valence-electron chi connectivity index (χ0n) is 13.8. The molecule has 0 aromatic carbocycles. The molecule has 0 radical (unpaired) electrons. The number of carbonyl (C=O) groups excluding carboxylic acids is 2. The van der Waals surface area contributed by atoms with Gasteiger partial charge in [0.2, 0.25) is 5.91 Å². The molecule has 2 amide bonds. The maximum absolute atomic E-state index is 12.4. The third kappa shape index (κ3) is 3.25. The van der Waals surface area contributed by atoms with Gasteiger partial charge in [-0.05, 0) is 19.1 Å². The minimum atomic E-state index is -0.947. The topological polar surface area (TPSA) is 107 Å². The number of nitrogens with two attached hydrogens (primary N) is 1. The molecule has 7 nitrogen and oxygen atoms in total. The monoisotopic (exact) mass is 323 g/mol. The molecule has 7 heteroatoms. The molecule has 2 unspecified atom stereocenters. The number of ether oxygens (including phenoxy) is 1. The lowest BCUT2D eigenvalue weighted by atomic mass is 9.54. The SMILES string of the molecule is CCOC1CC(N)(C(=O)NCCNC(=O)c2ccco2)C1(C)C. The maximum atomic E-state index is 12.4. The van der Waals surface area contributed by atoms with Crippen LogP contribution in [0.1, 0.15) is 37.7 Å². The zero-order valence-corrected chi connectivity index (χ0v) is 13.8. The Labute approximate surface area is 135 Å². The van der Waals surface area contributed by atoms with E-state index in [0.29, 0.717) is 26.1 Å². The number of rotatable bonds is 7. The van der Waals surface area contributed by atoms with Crippen LogP contribution in [0.3, 0.4) is 0 Å². The van der Waals surface area contributed by atoms with Gasteiger partial charge >= 0.3 is 0 Å². The molecular weight excluding hydrogens is 298 g/mol. The van der Waals surface area contributed by atoms with Crippen LogP contribution < -0.4 is 16.4 Å². The fraction of sp³-hybridized carbons (Fsp3) is 0.625. The Kier molecular flexibility index (Phi) is 5.11. The molecule has 4 N–H and O–H groups in total. The second kappa shape index (κ2) is 6.72. The van der Waals surface area contributed by atoms with Crippen molar-refractivity contribution in [2.24, 2.45) is 11.1 Å². The summed E-state index contributed by atoms with van der Waals surface area (Å²) in [7, 11) is 0.